The topological polar surface area (TPSA) is 78.7 Å². The van der Waals surface area contributed by atoms with Gasteiger partial charge in [0.25, 0.3) is 5.90 Å². The van der Waals surface area contributed by atoms with Gasteiger partial charge in [0.1, 0.15) is 19.5 Å². The monoisotopic (exact) mass is 448 g/mol. The lowest BCUT2D eigenvalue weighted by atomic mass is 10.0. The number of carbonyl (C=O) groups is 1. The minimum Gasteiger partial charge on any atom is -0.470 e. The van der Waals surface area contributed by atoms with Crippen molar-refractivity contribution in [1.82, 2.24) is 0 Å². The zero-order chi connectivity index (χ0) is 23.1. The fourth-order valence-corrected chi connectivity index (χ4v) is 2.80. The first kappa shape index (κ1) is 22.9. The molecule has 0 atom stereocenters. The number of carbonyl (C=O) groups excluding carboxylic acids is 1. The summed E-state index contributed by atoms with van der Waals surface area (Å²) in [6.07, 6.45) is -3.38. The number of hydrogen-bond acceptors (Lipinski definition) is 7. The number of ether oxygens (including phenoxy) is 2. The Morgan fingerprint density at radius 1 is 1.16 bits per heavy atom. The van der Waals surface area contributed by atoms with E-state index in [9.17, 15) is 18.0 Å². The van der Waals surface area contributed by atoms with Gasteiger partial charge in [-0.05, 0) is 47.5 Å². The Morgan fingerprint density at radius 2 is 1.94 bits per heavy atom. The lowest BCUT2D eigenvalue weighted by molar-refractivity contribution is -0.137. The second-order valence-corrected chi connectivity index (χ2v) is 6.52. The molecule has 0 N–H and O–H groups in total. The standard InChI is InChI=1S/C22H19F3N2O5/c1-14(15-6-5-7-16(13-15)22(23,24)25)12-19(28)32-18-9-4-3-8-17(18)20(26-29-2)21-27-31-11-10-30-21/h3-9,12-13H,10-11H2,1-2H3/b14-12-,26-20+. The van der Waals surface area contributed by atoms with Crippen molar-refractivity contribution in [3.8, 4) is 5.75 Å². The molecular formula is C22H19F3N2O5. The molecule has 2 aromatic rings. The average Bonchev–Trinajstić information content (AvgIpc) is 2.78. The van der Waals surface area contributed by atoms with E-state index in [0.29, 0.717) is 11.1 Å². The molecule has 32 heavy (non-hydrogen) atoms. The summed E-state index contributed by atoms with van der Waals surface area (Å²) in [4.78, 5) is 22.4. The van der Waals surface area contributed by atoms with E-state index in [2.05, 4.69) is 10.3 Å². The third-order valence-corrected chi connectivity index (χ3v) is 4.28. The van der Waals surface area contributed by atoms with Gasteiger partial charge >= 0.3 is 12.1 Å². The second-order valence-electron chi connectivity index (χ2n) is 6.52. The number of para-hydroxylation sites is 1. The van der Waals surface area contributed by atoms with Crippen LogP contribution in [0.2, 0.25) is 0 Å². The molecule has 0 unspecified atom stereocenters. The maximum atomic E-state index is 13.0. The number of alkyl halides is 3. The third-order valence-electron chi connectivity index (χ3n) is 4.28. The highest BCUT2D eigenvalue weighted by atomic mass is 19.4. The number of oxime groups is 2. The number of esters is 1. The molecule has 0 aromatic heterocycles. The Bertz CT molecular complexity index is 1080. The largest absolute Gasteiger partial charge is 0.470 e. The van der Waals surface area contributed by atoms with Gasteiger partial charge in [0.15, 0.2) is 12.3 Å². The van der Waals surface area contributed by atoms with Gasteiger partial charge in [-0.3, -0.25) is 0 Å². The molecule has 10 heteroatoms. The molecule has 0 saturated heterocycles. The minimum absolute atomic E-state index is 0.0530. The normalized spacial score (nSPS) is 14.7. The van der Waals surface area contributed by atoms with Gasteiger partial charge < -0.3 is 19.1 Å². The number of hydrogen-bond donors (Lipinski definition) is 0. The van der Waals surface area contributed by atoms with Gasteiger partial charge in [-0.25, -0.2) is 4.79 Å². The van der Waals surface area contributed by atoms with Gasteiger partial charge in [-0.15, -0.1) is 0 Å². The first-order valence-corrected chi connectivity index (χ1v) is 9.41. The van der Waals surface area contributed by atoms with E-state index >= 15 is 0 Å². The van der Waals surface area contributed by atoms with E-state index in [1.54, 1.807) is 18.2 Å². The van der Waals surface area contributed by atoms with Crippen LogP contribution in [-0.2, 0) is 25.4 Å². The number of benzene rings is 2. The van der Waals surface area contributed by atoms with Gasteiger partial charge in [-0.2, -0.15) is 13.2 Å². The Labute approximate surface area is 181 Å². The minimum atomic E-state index is -4.49. The van der Waals surface area contributed by atoms with Crippen LogP contribution >= 0.6 is 0 Å². The molecule has 0 radical (unpaired) electrons. The van der Waals surface area contributed by atoms with Crippen LogP contribution in [0.1, 0.15) is 23.6 Å². The summed E-state index contributed by atoms with van der Waals surface area (Å²) in [5.74, 6) is -0.609. The lowest BCUT2D eigenvalue weighted by Gasteiger charge is -2.16. The molecule has 168 valence electrons. The number of allylic oxidation sites excluding steroid dienone is 1. The van der Waals surface area contributed by atoms with E-state index in [1.165, 1.54) is 32.2 Å². The fraction of sp³-hybridized carbons (Fsp3) is 0.227. The SMILES string of the molecule is CO/N=C(/C1=NOCCO1)c1ccccc1OC(=O)/C=C(/C)c1cccc(C(F)(F)F)c1. The highest BCUT2D eigenvalue weighted by molar-refractivity contribution is 6.45. The molecule has 2 aromatic carbocycles. The average molecular weight is 448 g/mol. The summed E-state index contributed by atoms with van der Waals surface area (Å²) in [7, 11) is 1.33. The number of nitrogens with zero attached hydrogens (tertiary/aromatic N) is 2. The summed E-state index contributed by atoms with van der Waals surface area (Å²) in [5.41, 5.74) is 0.232. The molecule has 0 spiro atoms. The summed E-state index contributed by atoms with van der Waals surface area (Å²) >= 11 is 0. The smallest absolute Gasteiger partial charge is 0.416 e. The van der Waals surface area contributed by atoms with Crippen molar-refractivity contribution in [3.05, 3.63) is 71.3 Å². The summed E-state index contributed by atoms with van der Waals surface area (Å²) in [6, 6.07) is 11.1. The molecular weight excluding hydrogens is 429 g/mol. The van der Waals surface area contributed by atoms with Crippen LogP contribution in [0.25, 0.3) is 5.57 Å². The molecule has 0 saturated carbocycles. The lowest BCUT2D eigenvalue weighted by Crippen LogP contribution is -2.26. The van der Waals surface area contributed by atoms with Crippen LogP contribution < -0.4 is 4.74 Å². The summed E-state index contributed by atoms with van der Waals surface area (Å²) in [6.45, 7) is 2.05. The second kappa shape index (κ2) is 9.99. The predicted molar refractivity (Wildman–Crippen MR) is 110 cm³/mol. The molecule has 0 amide bonds. The molecule has 1 aliphatic heterocycles. The maximum Gasteiger partial charge on any atom is 0.416 e. The van der Waals surface area contributed by atoms with Crippen LogP contribution in [0.5, 0.6) is 5.75 Å². The van der Waals surface area contributed by atoms with Crippen molar-refractivity contribution in [1.29, 1.82) is 0 Å². The number of rotatable bonds is 6. The van der Waals surface area contributed by atoms with Gasteiger partial charge in [0.05, 0.1) is 11.1 Å². The van der Waals surface area contributed by atoms with Gasteiger partial charge in [-0.1, -0.05) is 29.4 Å². The fourth-order valence-electron chi connectivity index (χ4n) is 2.80. The Kier molecular flexibility index (Phi) is 7.14. The van der Waals surface area contributed by atoms with Crippen molar-refractivity contribution in [2.75, 3.05) is 20.3 Å². The van der Waals surface area contributed by atoms with Gasteiger partial charge in [0.2, 0.25) is 0 Å². The van der Waals surface area contributed by atoms with Crippen LogP contribution in [-0.4, -0.2) is 37.9 Å². The molecule has 0 aliphatic carbocycles. The predicted octanol–water partition coefficient (Wildman–Crippen LogP) is 4.43. The van der Waals surface area contributed by atoms with E-state index in [-0.39, 0.29) is 36.1 Å². The van der Waals surface area contributed by atoms with Crippen LogP contribution in [0, 0.1) is 0 Å². The Morgan fingerprint density at radius 3 is 2.62 bits per heavy atom. The molecule has 1 heterocycles. The molecule has 3 rings (SSSR count). The summed E-state index contributed by atoms with van der Waals surface area (Å²) in [5, 5.41) is 7.70. The highest BCUT2D eigenvalue weighted by Gasteiger charge is 2.30. The number of halogens is 3. The molecule has 7 nitrogen and oxygen atoms in total. The third kappa shape index (κ3) is 5.65. The van der Waals surface area contributed by atoms with Crippen LogP contribution in [0.4, 0.5) is 13.2 Å². The van der Waals surface area contributed by atoms with Crippen LogP contribution in [0.3, 0.4) is 0 Å². The van der Waals surface area contributed by atoms with Crippen molar-refractivity contribution in [2.45, 2.75) is 13.1 Å². The molecule has 1 aliphatic rings. The van der Waals surface area contributed by atoms with E-state index in [0.717, 1.165) is 18.2 Å². The maximum absolute atomic E-state index is 13.0. The van der Waals surface area contributed by atoms with Crippen LogP contribution in [0.15, 0.2) is 64.9 Å². The van der Waals surface area contributed by atoms with E-state index < -0.39 is 17.7 Å². The first-order valence-electron chi connectivity index (χ1n) is 9.41. The Hall–Kier alpha value is -3.82. The molecule has 0 bridgehead atoms. The van der Waals surface area contributed by atoms with E-state index in [1.807, 2.05) is 0 Å². The van der Waals surface area contributed by atoms with Crippen molar-refractivity contribution in [2.24, 2.45) is 10.3 Å². The van der Waals surface area contributed by atoms with Crippen molar-refractivity contribution < 1.29 is 37.1 Å². The zero-order valence-electron chi connectivity index (χ0n) is 17.2. The quantitative estimate of drug-likeness (QED) is 0.215. The van der Waals surface area contributed by atoms with Crippen molar-refractivity contribution in [3.63, 3.8) is 0 Å². The van der Waals surface area contributed by atoms with E-state index in [4.69, 9.17) is 19.1 Å². The molecule has 0 fully saturated rings. The summed E-state index contributed by atoms with van der Waals surface area (Å²) < 4.78 is 49.7. The van der Waals surface area contributed by atoms with Crippen molar-refractivity contribution >= 4 is 23.2 Å². The Balaban J connectivity index is 1.86. The van der Waals surface area contributed by atoms with Gasteiger partial charge in [0, 0.05) is 6.08 Å². The zero-order valence-corrected chi connectivity index (χ0v) is 17.2. The first-order chi connectivity index (χ1) is 15.3. The highest BCUT2D eigenvalue weighted by Crippen LogP contribution is 2.31.